The van der Waals surface area contributed by atoms with Crippen LogP contribution in [-0.4, -0.2) is 35.0 Å². The summed E-state index contributed by atoms with van der Waals surface area (Å²) in [5.74, 6) is -1.26. The van der Waals surface area contributed by atoms with Crippen molar-refractivity contribution in [3.63, 3.8) is 0 Å². The zero-order valence-corrected chi connectivity index (χ0v) is 9.00. The molecular formula is C7H11N3O4S. The summed E-state index contributed by atoms with van der Waals surface area (Å²) in [6, 6.07) is 0. The van der Waals surface area contributed by atoms with Crippen molar-refractivity contribution in [2.24, 2.45) is 0 Å². The van der Waals surface area contributed by atoms with Crippen LogP contribution >= 0.6 is 0 Å². The van der Waals surface area contributed by atoms with E-state index in [4.69, 9.17) is 5.11 Å². The number of sulfonamides is 1. The molecule has 0 spiro atoms. The van der Waals surface area contributed by atoms with Gasteiger partial charge in [0, 0.05) is 0 Å². The molecule has 0 aromatic carbocycles. The number of aromatic nitrogens is 2. The molecule has 84 valence electrons. The molecule has 0 saturated heterocycles. The number of H-pyrrole nitrogens is 1. The summed E-state index contributed by atoms with van der Waals surface area (Å²) in [4.78, 5) is 16.6. The number of imidazole rings is 1. The Hall–Kier alpha value is -1.41. The first kappa shape index (κ1) is 11.7. The average Bonchev–Trinajstić information content (AvgIpc) is 2.53. The second-order valence-electron chi connectivity index (χ2n) is 3.45. The molecule has 0 bridgehead atoms. The number of nitrogens with zero attached hydrogens (tertiary/aromatic N) is 1. The number of hydrogen-bond acceptors (Lipinski definition) is 4. The monoisotopic (exact) mass is 233 g/mol. The maximum atomic E-state index is 11.6. The standard InChI is InChI=1S/C7H11N3O4S/c1-7(2,6(11)12)10-15(13,14)5-3-8-4-9-5/h3-4,10H,1-2H3,(H,8,9)(H,11,12). The molecule has 0 fully saturated rings. The van der Waals surface area contributed by atoms with E-state index < -0.39 is 21.5 Å². The molecule has 1 rings (SSSR count). The molecule has 0 atom stereocenters. The van der Waals surface area contributed by atoms with Gasteiger partial charge < -0.3 is 10.1 Å². The summed E-state index contributed by atoms with van der Waals surface area (Å²) in [6.45, 7) is 2.51. The van der Waals surface area contributed by atoms with Crippen molar-refractivity contribution in [1.29, 1.82) is 0 Å². The van der Waals surface area contributed by atoms with Gasteiger partial charge in [0.05, 0.1) is 12.5 Å². The van der Waals surface area contributed by atoms with E-state index in [0.717, 1.165) is 6.20 Å². The lowest BCUT2D eigenvalue weighted by Crippen LogP contribution is -2.49. The molecule has 1 heterocycles. The van der Waals surface area contributed by atoms with E-state index in [9.17, 15) is 13.2 Å². The number of aliphatic carboxylic acids is 1. The molecule has 15 heavy (non-hydrogen) atoms. The van der Waals surface area contributed by atoms with Crippen molar-refractivity contribution in [3.8, 4) is 0 Å². The summed E-state index contributed by atoms with van der Waals surface area (Å²) in [7, 11) is -3.87. The Labute approximate surface area is 86.6 Å². The number of carbonyl (C=O) groups is 1. The van der Waals surface area contributed by atoms with Crippen molar-refractivity contribution >= 4 is 16.0 Å². The van der Waals surface area contributed by atoms with Crippen LogP contribution in [0.3, 0.4) is 0 Å². The summed E-state index contributed by atoms with van der Waals surface area (Å²) >= 11 is 0. The quantitative estimate of drug-likeness (QED) is 0.652. The minimum absolute atomic E-state index is 0.170. The predicted octanol–water partition coefficient (Wildman–Crippen LogP) is -0.449. The lowest BCUT2D eigenvalue weighted by atomic mass is 10.1. The van der Waals surface area contributed by atoms with Gasteiger partial charge in [-0.05, 0) is 13.8 Å². The van der Waals surface area contributed by atoms with Gasteiger partial charge in [0.25, 0.3) is 10.0 Å². The zero-order chi connectivity index (χ0) is 11.7. The Kier molecular flexibility index (Phi) is 2.82. The Bertz CT molecular complexity index is 449. The number of hydrogen-bond donors (Lipinski definition) is 3. The highest BCUT2D eigenvalue weighted by Crippen LogP contribution is 2.09. The van der Waals surface area contributed by atoms with Crippen LogP contribution in [-0.2, 0) is 14.8 Å². The lowest BCUT2D eigenvalue weighted by molar-refractivity contribution is -0.142. The molecule has 0 aliphatic carbocycles. The Balaban J connectivity index is 2.97. The largest absolute Gasteiger partial charge is 0.480 e. The molecule has 0 unspecified atom stereocenters. The first-order valence-electron chi connectivity index (χ1n) is 4.01. The van der Waals surface area contributed by atoms with Crippen LogP contribution in [0.4, 0.5) is 0 Å². The molecule has 0 amide bonds. The van der Waals surface area contributed by atoms with Crippen LogP contribution in [0, 0.1) is 0 Å². The molecule has 1 aromatic heterocycles. The van der Waals surface area contributed by atoms with E-state index in [0.29, 0.717) is 0 Å². The Morgan fingerprint density at radius 2 is 2.20 bits per heavy atom. The number of aromatic amines is 1. The van der Waals surface area contributed by atoms with E-state index in [1.807, 2.05) is 4.72 Å². The van der Waals surface area contributed by atoms with Crippen molar-refractivity contribution in [2.45, 2.75) is 24.4 Å². The van der Waals surface area contributed by atoms with E-state index in [2.05, 4.69) is 9.97 Å². The van der Waals surface area contributed by atoms with E-state index in [1.165, 1.54) is 20.2 Å². The Morgan fingerprint density at radius 3 is 2.60 bits per heavy atom. The highest BCUT2D eigenvalue weighted by atomic mass is 32.2. The lowest BCUT2D eigenvalue weighted by Gasteiger charge is -2.19. The van der Waals surface area contributed by atoms with Crippen LogP contribution in [0.2, 0.25) is 0 Å². The third kappa shape index (κ3) is 2.54. The third-order valence-corrected chi connectivity index (χ3v) is 3.27. The number of carboxylic acids is 1. The highest BCUT2D eigenvalue weighted by molar-refractivity contribution is 7.89. The predicted molar refractivity (Wildman–Crippen MR) is 50.6 cm³/mol. The second-order valence-corrected chi connectivity index (χ2v) is 5.10. The molecule has 0 aliphatic rings. The minimum atomic E-state index is -3.87. The summed E-state index contributed by atoms with van der Waals surface area (Å²) in [5, 5.41) is 8.58. The van der Waals surface area contributed by atoms with Crippen molar-refractivity contribution in [1.82, 2.24) is 14.7 Å². The SMILES string of the molecule is CC(C)(NS(=O)(=O)c1cnc[nH]1)C(=O)O. The minimum Gasteiger partial charge on any atom is -0.480 e. The van der Waals surface area contributed by atoms with Gasteiger partial charge in [0.2, 0.25) is 0 Å². The van der Waals surface area contributed by atoms with Crippen molar-refractivity contribution < 1.29 is 18.3 Å². The van der Waals surface area contributed by atoms with E-state index >= 15 is 0 Å². The Morgan fingerprint density at radius 1 is 1.60 bits per heavy atom. The van der Waals surface area contributed by atoms with Gasteiger partial charge in [-0.15, -0.1) is 0 Å². The first-order chi connectivity index (χ1) is 6.76. The van der Waals surface area contributed by atoms with Crippen LogP contribution < -0.4 is 4.72 Å². The van der Waals surface area contributed by atoms with Gasteiger partial charge in [-0.25, -0.2) is 13.4 Å². The molecule has 0 aliphatic heterocycles. The van der Waals surface area contributed by atoms with Crippen LogP contribution in [0.1, 0.15) is 13.8 Å². The zero-order valence-electron chi connectivity index (χ0n) is 8.18. The normalized spacial score (nSPS) is 12.7. The smallest absolute Gasteiger partial charge is 0.324 e. The number of nitrogens with one attached hydrogen (secondary N) is 2. The molecular weight excluding hydrogens is 222 g/mol. The van der Waals surface area contributed by atoms with Gasteiger partial charge >= 0.3 is 5.97 Å². The highest BCUT2D eigenvalue weighted by Gasteiger charge is 2.33. The second kappa shape index (κ2) is 3.63. The van der Waals surface area contributed by atoms with Crippen LogP contribution in [0.5, 0.6) is 0 Å². The van der Waals surface area contributed by atoms with Crippen LogP contribution in [0.25, 0.3) is 0 Å². The van der Waals surface area contributed by atoms with Crippen LogP contribution in [0.15, 0.2) is 17.6 Å². The van der Waals surface area contributed by atoms with Gasteiger partial charge in [0.15, 0.2) is 5.03 Å². The first-order valence-corrected chi connectivity index (χ1v) is 5.50. The molecule has 0 saturated carbocycles. The van der Waals surface area contributed by atoms with E-state index in [-0.39, 0.29) is 5.03 Å². The number of carboxylic acid groups (broad SMARTS) is 1. The maximum Gasteiger partial charge on any atom is 0.324 e. The van der Waals surface area contributed by atoms with Gasteiger partial charge in [-0.3, -0.25) is 4.79 Å². The fraction of sp³-hybridized carbons (Fsp3) is 0.429. The average molecular weight is 233 g/mol. The van der Waals surface area contributed by atoms with E-state index in [1.54, 1.807) is 0 Å². The molecule has 3 N–H and O–H groups in total. The molecule has 0 radical (unpaired) electrons. The summed E-state index contributed by atoms with van der Waals surface area (Å²) in [6.07, 6.45) is 2.29. The van der Waals surface area contributed by atoms with Gasteiger partial charge in [-0.1, -0.05) is 0 Å². The topological polar surface area (TPSA) is 112 Å². The molecule has 7 nitrogen and oxygen atoms in total. The van der Waals surface area contributed by atoms with Crippen molar-refractivity contribution in [2.75, 3.05) is 0 Å². The summed E-state index contributed by atoms with van der Waals surface area (Å²) in [5.41, 5.74) is -1.57. The number of rotatable bonds is 4. The van der Waals surface area contributed by atoms with Gasteiger partial charge in [0.1, 0.15) is 5.54 Å². The third-order valence-electron chi connectivity index (χ3n) is 1.69. The fourth-order valence-corrected chi connectivity index (χ4v) is 2.10. The maximum absolute atomic E-state index is 11.6. The van der Waals surface area contributed by atoms with Crippen molar-refractivity contribution in [3.05, 3.63) is 12.5 Å². The summed E-state index contributed by atoms with van der Waals surface area (Å²) < 4.78 is 25.2. The van der Waals surface area contributed by atoms with Gasteiger partial charge in [-0.2, -0.15) is 4.72 Å². The molecule has 8 heteroatoms. The molecule has 1 aromatic rings. The fourth-order valence-electron chi connectivity index (χ4n) is 0.825.